The van der Waals surface area contributed by atoms with Crippen molar-refractivity contribution < 1.29 is 4.79 Å². The zero-order valence-corrected chi connectivity index (χ0v) is 16.4. The number of anilines is 1. The van der Waals surface area contributed by atoms with Gasteiger partial charge in [0.15, 0.2) is 0 Å². The van der Waals surface area contributed by atoms with Gasteiger partial charge in [-0.3, -0.25) is 9.69 Å². The van der Waals surface area contributed by atoms with Crippen LogP contribution in [-0.4, -0.2) is 29.9 Å². The molecular weight excluding hydrogens is 332 g/mol. The zero-order valence-electron chi connectivity index (χ0n) is 16.4. The number of nitrogens with one attached hydrogen (secondary N) is 1. The minimum absolute atomic E-state index is 0.251. The van der Waals surface area contributed by atoms with Gasteiger partial charge in [-0.05, 0) is 37.0 Å². The van der Waals surface area contributed by atoms with Crippen LogP contribution in [0.1, 0.15) is 44.6 Å². The number of benzene rings is 2. The first-order valence-electron chi connectivity index (χ1n) is 10.4. The summed E-state index contributed by atoms with van der Waals surface area (Å²) in [6, 6.07) is 21.1. The van der Waals surface area contributed by atoms with Gasteiger partial charge in [-0.2, -0.15) is 0 Å². The van der Waals surface area contributed by atoms with Crippen LogP contribution in [0, 0.1) is 5.92 Å². The lowest BCUT2D eigenvalue weighted by Gasteiger charge is -2.38. The van der Waals surface area contributed by atoms with Gasteiger partial charge in [0.25, 0.3) is 0 Å². The minimum atomic E-state index is 0.251. The third kappa shape index (κ3) is 5.93. The van der Waals surface area contributed by atoms with Crippen molar-refractivity contribution >= 4 is 11.5 Å². The van der Waals surface area contributed by atoms with Crippen LogP contribution < -0.4 is 5.32 Å². The summed E-state index contributed by atoms with van der Waals surface area (Å²) in [5, 5.41) is 3.72. The Balaban J connectivity index is 1.63. The largest absolute Gasteiger partial charge is 0.369 e. The molecule has 0 bridgehead atoms. The maximum absolute atomic E-state index is 12.4. The highest BCUT2D eigenvalue weighted by Crippen LogP contribution is 2.24. The summed E-state index contributed by atoms with van der Waals surface area (Å²) in [6.45, 7) is 4.12. The fourth-order valence-corrected chi connectivity index (χ4v) is 3.92. The van der Waals surface area contributed by atoms with Crippen LogP contribution in [0.5, 0.6) is 0 Å². The van der Waals surface area contributed by atoms with Gasteiger partial charge in [0, 0.05) is 37.5 Å². The number of unbranched alkanes of at least 4 members (excludes halogenated alkanes) is 1. The van der Waals surface area contributed by atoms with E-state index in [1.54, 1.807) is 0 Å². The summed E-state index contributed by atoms with van der Waals surface area (Å²) in [6.07, 6.45) is 6.09. The van der Waals surface area contributed by atoms with Crippen LogP contribution in [0.3, 0.4) is 0 Å². The number of Topliss-reactive ketones (excluding diaryl/α,β-unsaturated/α-hetero) is 1. The molecule has 0 aromatic heterocycles. The molecular formula is C24H32N2O. The van der Waals surface area contributed by atoms with Crippen molar-refractivity contribution in [1.29, 1.82) is 0 Å². The standard InChI is InChI=1S/C24H32N2O/c1-2-3-14-23(27)21-15-17-26(18-16-21)24(19-20-10-6-4-7-11-20)25-22-12-8-5-9-13-22/h4-13,21,24-25H,2-3,14-19H2,1H3. The van der Waals surface area contributed by atoms with Gasteiger partial charge < -0.3 is 5.32 Å². The van der Waals surface area contributed by atoms with Crippen molar-refractivity contribution in [1.82, 2.24) is 4.90 Å². The van der Waals surface area contributed by atoms with E-state index in [-0.39, 0.29) is 12.1 Å². The molecule has 2 aromatic carbocycles. The predicted molar refractivity (Wildman–Crippen MR) is 113 cm³/mol. The molecule has 3 nitrogen and oxygen atoms in total. The first-order chi connectivity index (χ1) is 13.3. The van der Waals surface area contributed by atoms with E-state index in [9.17, 15) is 4.79 Å². The van der Waals surface area contributed by atoms with Crippen molar-refractivity contribution in [3.05, 3.63) is 66.2 Å². The van der Waals surface area contributed by atoms with Crippen molar-refractivity contribution in [2.24, 2.45) is 5.92 Å². The van der Waals surface area contributed by atoms with Gasteiger partial charge >= 0.3 is 0 Å². The number of likely N-dealkylation sites (tertiary alicyclic amines) is 1. The fourth-order valence-electron chi connectivity index (χ4n) is 3.92. The molecule has 3 heteroatoms. The Morgan fingerprint density at radius 3 is 2.30 bits per heavy atom. The summed E-state index contributed by atoms with van der Waals surface area (Å²) in [7, 11) is 0. The molecule has 0 spiro atoms. The van der Waals surface area contributed by atoms with Crippen molar-refractivity contribution in [2.75, 3.05) is 18.4 Å². The minimum Gasteiger partial charge on any atom is -0.369 e. The van der Waals surface area contributed by atoms with E-state index in [4.69, 9.17) is 0 Å². The molecule has 1 N–H and O–H groups in total. The molecule has 1 fully saturated rings. The molecule has 3 rings (SSSR count). The maximum atomic E-state index is 12.4. The second-order valence-corrected chi connectivity index (χ2v) is 7.60. The molecule has 1 saturated heterocycles. The van der Waals surface area contributed by atoms with Gasteiger partial charge in [-0.15, -0.1) is 0 Å². The molecule has 0 aliphatic carbocycles. The third-order valence-electron chi connectivity index (χ3n) is 5.58. The van der Waals surface area contributed by atoms with E-state index in [1.807, 2.05) is 6.07 Å². The van der Waals surface area contributed by atoms with Crippen molar-refractivity contribution in [3.8, 4) is 0 Å². The Bertz CT molecular complexity index is 637. The Hall–Kier alpha value is -2.13. The van der Waals surface area contributed by atoms with Crippen molar-refractivity contribution in [2.45, 2.75) is 51.6 Å². The molecule has 27 heavy (non-hydrogen) atoms. The molecule has 144 valence electrons. The lowest BCUT2D eigenvalue weighted by Crippen LogP contribution is -2.47. The van der Waals surface area contributed by atoms with Crippen LogP contribution in [0.25, 0.3) is 0 Å². The van der Waals surface area contributed by atoms with Gasteiger partial charge in [0.2, 0.25) is 0 Å². The molecule has 0 amide bonds. The smallest absolute Gasteiger partial charge is 0.136 e. The van der Waals surface area contributed by atoms with E-state index < -0.39 is 0 Å². The Morgan fingerprint density at radius 2 is 1.67 bits per heavy atom. The number of hydrogen-bond donors (Lipinski definition) is 1. The van der Waals surface area contributed by atoms with Crippen LogP contribution in [0.2, 0.25) is 0 Å². The second-order valence-electron chi connectivity index (χ2n) is 7.60. The number of ketones is 1. The first-order valence-corrected chi connectivity index (χ1v) is 10.4. The topological polar surface area (TPSA) is 32.3 Å². The lowest BCUT2D eigenvalue weighted by atomic mass is 9.89. The number of para-hydroxylation sites is 1. The van der Waals surface area contributed by atoms with Gasteiger partial charge in [0.1, 0.15) is 5.78 Å². The number of hydrogen-bond acceptors (Lipinski definition) is 3. The van der Waals surface area contributed by atoms with E-state index in [0.717, 1.165) is 57.3 Å². The van der Waals surface area contributed by atoms with Crippen LogP contribution >= 0.6 is 0 Å². The summed E-state index contributed by atoms with van der Waals surface area (Å²) >= 11 is 0. The fraction of sp³-hybridized carbons (Fsp3) is 0.458. The monoisotopic (exact) mass is 364 g/mol. The van der Waals surface area contributed by atoms with Gasteiger partial charge in [-0.1, -0.05) is 61.9 Å². The van der Waals surface area contributed by atoms with Crippen molar-refractivity contribution in [3.63, 3.8) is 0 Å². The Labute approximate surface area is 163 Å². The highest BCUT2D eigenvalue weighted by molar-refractivity contribution is 5.81. The van der Waals surface area contributed by atoms with Crippen LogP contribution in [0.15, 0.2) is 60.7 Å². The zero-order chi connectivity index (χ0) is 18.9. The number of rotatable bonds is 9. The summed E-state index contributed by atoms with van der Waals surface area (Å²) < 4.78 is 0. The molecule has 0 radical (unpaired) electrons. The number of piperidine rings is 1. The summed E-state index contributed by atoms with van der Waals surface area (Å²) in [4.78, 5) is 14.9. The van der Waals surface area contributed by atoms with Crippen LogP contribution in [-0.2, 0) is 11.2 Å². The van der Waals surface area contributed by atoms with E-state index in [0.29, 0.717) is 5.78 Å². The maximum Gasteiger partial charge on any atom is 0.136 e. The lowest BCUT2D eigenvalue weighted by molar-refractivity contribution is -0.124. The number of carbonyl (C=O) groups is 1. The average molecular weight is 365 g/mol. The van der Waals surface area contributed by atoms with E-state index in [1.165, 1.54) is 5.56 Å². The third-order valence-corrected chi connectivity index (χ3v) is 5.58. The summed E-state index contributed by atoms with van der Waals surface area (Å²) in [5.41, 5.74) is 2.49. The van der Waals surface area contributed by atoms with Gasteiger partial charge in [0.05, 0.1) is 6.17 Å². The highest BCUT2D eigenvalue weighted by Gasteiger charge is 2.28. The molecule has 1 unspecified atom stereocenters. The molecule has 2 aromatic rings. The van der Waals surface area contributed by atoms with E-state index >= 15 is 0 Å². The quantitative estimate of drug-likeness (QED) is 0.669. The Kier molecular flexibility index (Phi) is 7.46. The SMILES string of the molecule is CCCCC(=O)C1CCN(C(Cc2ccccc2)Nc2ccccc2)CC1. The molecule has 1 aliphatic rings. The van der Waals surface area contributed by atoms with Crippen LogP contribution in [0.4, 0.5) is 5.69 Å². The Morgan fingerprint density at radius 1 is 1.04 bits per heavy atom. The molecule has 1 aliphatic heterocycles. The summed E-state index contributed by atoms with van der Waals surface area (Å²) in [5.74, 6) is 0.744. The number of nitrogens with zero attached hydrogens (tertiary/aromatic N) is 1. The molecule has 1 atom stereocenters. The number of carbonyl (C=O) groups excluding carboxylic acids is 1. The van der Waals surface area contributed by atoms with E-state index in [2.05, 4.69) is 71.7 Å². The first kappa shape index (κ1) is 19.6. The molecule has 0 saturated carbocycles. The van der Waals surface area contributed by atoms with Gasteiger partial charge in [-0.25, -0.2) is 0 Å². The normalized spacial score (nSPS) is 16.8. The highest BCUT2D eigenvalue weighted by atomic mass is 16.1. The average Bonchev–Trinajstić information content (AvgIpc) is 2.73. The predicted octanol–water partition coefficient (Wildman–Crippen LogP) is 5.14. The second kappa shape index (κ2) is 10.3. The molecule has 1 heterocycles.